The fourth-order valence-electron chi connectivity index (χ4n) is 1.82. The standard InChI is InChI=1S/C14H15N3O3/c1-20-13-6-5-12(16-17-13)10-4-2-3-9(7-10)11(15)8-14(18)19/h2-7,11H,8,15H2,1H3,(H,18,19). The van der Waals surface area contributed by atoms with Crippen LogP contribution in [0.3, 0.4) is 0 Å². The van der Waals surface area contributed by atoms with Crippen molar-refractivity contribution in [3.8, 4) is 17.1 Å². The molecule has 0 saturated heterocycles. The summed E-state index contributed by atoms with van der Waals surface area (Å²) in [6.07, 6.45) is -0.113. The number of carbonyl (C=O) groups is 1. The molecule has 6 heteroatoms. The van der Waals surface area contributed by atoms with Gasteiger partial charge in [-0.2, -0.15) is 0 Å². The Morgan fingerprint density at radius 2 is 2.15 bits per heavy atom. The van der Waals surface area contributed by atoms with Crippen LogP contribution < -0.4 is 10.5 Å². The first kappa shape index (κ1) is 14.0. The van der Waals surface area contributed by atoms with Gasteiger partial charge in [0.05, 0.1) is 19.2 Å². The monoisotopic (exact) mass is 273 g/mol. The third kappa shape index (κ3) is 3.30. The lowest BCUT2D eigenvalue weighted by molar-refractivity contribution is -0.137. The number of nitrogens with zero attached hydrogens (tertiary/aromatic N) is 2. The number of aliphatic carboxylic acids is 1. The van der Waals surface area contributed by atoms with E-state index in [1.807, 2.05) is 18.2 Å². The Morgan fingerprint density at radius 3 is 2.75 bits per heavy atom. The van der Waals surface area contributed by atoms with Gasteiger partial charge in [0, 0.05) is 17.7 Å². The molecule has 0 aliphatic carbocycles. The van der Waals surface area contributed by atoms with Crippen LogP contribution in [-0.4, -0.2) is 28.4 Å². The van der Waals surface area contributed by atoms with Crippen molar-refractivity contribution in [1.82, 2.24) is 10.2 Å². The summed E-state index contributed by atoms with van der Waals surface area (Å²) >= 11 is 0. The maximum atomic E-state index is 10.7. The molecule has 1 aromatic heterocycles. The van der Waals surface area contributed by atoms with Crippen molar-refractivity contribution in [1.29, 1.82) is 0 Å². The number of carboxylic acids is 1. The van der Waals surface area contributed by atoms with Crippen LogP contribution in [0.5, 0.6) is 5.88 Å². The number of hydrogen-bond donors (Lipinski definition) is 2. The average molecular weight is 273 g/mol. The first-order valence-electron chi connectivity index (χ1n) is 6.05. The van der Waals surface area contributed by atoms with E-state index in [0.29, 0.717) is 11.6 Å². The van der Waals surface area contributed by atoms with Crippen molar-refractivity contribution in [2.45, 2.75) is 12.5 Å². The summed E-state index contributed by atoms with van der Waals surface area (Å²) in [6.45, 7) is 0. The molecule has 104 valence electrons. The number of benzene rings is 1. The van der Waals surface area contributed by atoms with Gasteiger partial charge in [0.1, 0.15) is 0 Å². The molecule has 20 heavy (non-hydrogen) atoms. The molecule has 3 N–H and O–H groups in total. The van der Waals surface area contributed by atoms with Crippen LogP contribution in [0.1, 0.15) is 18.0 Å². The van der Waals surface area contributed by atoms with E-state index in [0.717, 1.165) is 11.1 Å². The van der Waals surface area contributed by atoms with Gasteiger partial charge in [-0.3, -0.25) is 4.79 Å². The van der Waals surface area contributed by atoms with Gasteiger partial charge in [-0.05, 0) is 17.7 Å². The Hall–Kier alpha value is -2.47. The molecular formula is C14H15N3O3. The molecule has 2 rings (SSSR count). The summed E-state index contributed by atoms with van der Waals surface area (Å²) in [5.41, 5.74) is 8.11. The smallest absolute Gasteiger partial charge is 0.305 e. The van der Waals surface area contributed by atoms with E-state index in [1.165, 1.54) is 7.11 Å². The van der Waals surface area contributed by atoms with Crippen molar-refractivity contribution in [2.75, 3.05) is 7.11 Å². The van der Waals surface area contributed by atoms with E-state index < -0.39 is 12.0 Å². The molecule has 0 saturated carbocycles. The average Bonchev–Trinajstić information content (AvgIpc) is 2.47. The minimum absolute atomic E-state index is 0.113. The SMILES string of the molecule is COc1ccc(-c2cccc(C(N)CC(=O)O)c2)nn1. The number of aromatic nitrogens is 2. The normalized spacial score (nSPS) is 11.9. The van der Waals surface area contributed by atoms with Crippen molar-refractivity contribution in [3.05, 3.63) is 42.0 Å². The van der Waals surface area contributed by atoms with Gasteiger partial charge in [-0.25, -0.2) is 0 Å². The van der Waals surface area contributed by atoms with E-state index in [4.69, 9.17) is 15.6 Å². The van der Waals surface area contributed by atoms with Crippen LogP contribution in [0.4, 0.5) is 0 Å². The van der Waals surface area contributed by atoms with Gasteiger partial charge in [0.25, 0.3) is 0 Å². The summed E-state index contributed by atoms with van der Waals surface area (Å²) in [7, 11) is 1.52. The third-order valence-corrected chi connectivity index (χ3v) is 2.85. The first-order chi connectivity index (χ1) is 9.60. The number of rotatable bonds is 5. The molecule has 0 bridgehead atoms. The highest BCUT2D eigenvalue weighted by atomic mass is 16.5. The molecule has 0 aliphatic heterocycles. The van der Waals surface area contributed by atoms with Gasteiger partial charge >= 0.3 is 5.97 Å². The molecule has 0 spiro atoms. The maximum absolute atomic E-state index is 10.7. The molecule has 0 fully saturated rings. The van der Waals surface area contributed by atoms with Crippen LogP contribution in [0, 0.1) is 0 Å². The molecule has 1 aromatic carbocycles. The van der Waals surface area contributed by atoms with E-state index >= 15 is 0 Å². The van der Waals surface area contributed by atoms with Crippen LogP contribution in [-0.2, 0) is 4.79 Å². The molecule has 1 unspecified atom stereocenters. The molecule has 1 atom stereocenters. The lowest BCUT2D eigenvalue weighted by Crippen LogP contribution is -2.14. The predicted molar refractivity (Wildman–Crippen MR) is 73.2 cm³/mol. The molecule has 1 heterocycles. The van der Waals surface area contributed by atoms with Crippen LogP contribution in [0.25, 0.3) is 11.3 Å². The Balaban J connectivity index is 2.26. The predicted octanol–water partition coefficient (Wildman–Crippen LogP) is 1.63. The summed E-state index contributed by atoms with van der Waals surface area (Å²) in [4.78, 5) is 10.7. The number of nitrogens with two attached hydrogens (primary N) is 1. The van der Waals surface area contributed by atoms with Crippen molar-refractivity contribution in [3.63, 3.8) is 0 Å². The Kier molecular flexibility index (Phi) is 4.27. The van der Waals surface area contributed by atoms with Crippen LogP contribution in [0.15, 0.2) is 36.4 Å². The van der Waals surface area contributed by atoms with Gasteiger partial charge < -0.3 is 15.6 Å². The van der Waals surface area contributed by atoms with E-state index in [1.54, 1.807) is 18.2 Å². The lowest BCUT2D eigenvalue weighted by atomic mass is 10.0. The summed E-state index contributed by atoms with van der Waals surface area (Å²) in [6, 6.07) is 10.3. The second kappa shape index (κ2) is 6.12. The lowest BCUT2D eigenvalue weighted by Gasteiger charge is -2.10. The quantitative estimate of drug-likeness (QED) is 0.859. The highest BCUT2D eigenvalue weighted by molar-refractivity contribution is 5.68. The topological polar surface area (TPSA) is 98.3 Å². The van der Waals surface area contributed by atoms with Crippen molar-refractivity contribution >= 4 is 5.97 Å². The molecule has 0 aliphatic rings. The van der Waals surface area contributed by atoms with E-state index in [2.05, 4.69) is 10.2 Å². The molecular weight excluding hydrogens is 258 g/mol. The van der Waals surface area contributed by atoms with Gasteiger partial charge in [0.15, 0.2) is 0 Å². The highest BCUT2D eigenvalue weighted by Gasteiger charge is 2.11. The highest BCUT2D eigenvalue weighted by Crippen LogP contribution is 2.22. The number of methoxy groups -OCH3 is 1. The Bertz CT molecular complexity index is 599. The third-order valence-electron chi connectivity index (χ3n) is 2.85. The molecule has 0 radical (unpaired) electrons. The van der Waals surface area contributed by atoms with Crippen molar-refractivity contribution in [2.24, 2.45) is 5.73 Å². The number of hydrogen-bond acceptors (Lipinski definition) is 5. The van der Waals surface area contributed by atoms with Crippen LogP contribution >= 0.6 is 0 Å². The zero-order valence-corrected chi connectivity index (χ0v) is 11.0. The van der Waals surface area contributed by atoms with Gasteiger partial charge in [-0.15, -0.1) is 10.2 Å². The second-order valence-electron chi connectivity index (χ2n) is 4.29. The van der Waals surface area contributed by atoms with E-state index in [-0.39, 0.29) is 6.42 Å². The minimum atomic E-state index is -0.924. The Morgan fingerprint density at radius 1 is 1.35 bits per heavy atom. The van der Waals surface area contributed by atoms with Gasteiger partial charge in [-0.1, -0.05) is 18.2 Å². The first-order valence-corrected chi connectivity index (χ1v) is 6.05. The van der Waals surface area contributed by atoms with Crippen molar-refractivity contribution < 1.29 is 14.6 Å². The fourth-order valence-corrected chi connectivity index (χ4v) is 1.82. The number of ether oxygens (including phenoxy) is 1. The molecule has 2 aromatic rings. The largest absolute Gasteiger partial charge is 0.481 e. The zero-order valence-electron chi connectivity index (χ0n) is 11.0. The summed E-state index contributed by atoms with van der Waals surface area (Å²) in [5.74, 6) is -0.486. The summed E-state index contributed by atoms with van der Waals surface area (Å²) < 4.78 is 4.95. The fraction of sp³-hybridized carbons (Fsp3) is 0.214. The van der Waals surface area contributed by atoms with E-state index in [9.17, 15) is 4.79 Å². The Labute approximate surface area is 116 Å². The maximum Gasteiger partial charge on any atom is 0.305 e. The van der Waals surface area contributed by atoms with Gasteiger partial charge in [0.2, 0.25) is 5.88 Å². The second-order valence-corrected chi connectivity index (χ2v) is 4.29. The zero-order chi connectivity index (χ0) is 14.5. The summed E-state index contributed by atoms with van der Waals surface area (Å²) in [5, 5.41) is 16.7. The number of carboxylic acid groups (broad SMARTS) is 1. The minimum Gasteiger partial charge on any atom is -0.481 e. The van der Waals surface area contributed by atoms with Crippen LogP contribution in [0.2, 0.25) is 0 Å². The molecule has 0 amide bonds. The molecule has 6 nitrogen and oxygen atoms in total.